The molecule has 0 atom stereocenters. The molecule has 0 saturated heterocycles. The Kier molecular flexibility index (Phi) is 5.85. The summed E-state index contributed by atoms with van der Waals surface area (Å²) in [7, 11) is 0. The molecule has 0 radical (unpaired) electrons. The molecular weight excluding hydrogens is 370 g/mol. The van der Waals surface area contributed by atoms with Crippen LogP contribution in [0.4, 0.5) is 5.13 Å². The lowest BCUT2D eigenvalue weighted by Crippen LogP contribution is -2.22. The Labute approximate surface area is 160 Å². The highest BCUT2D eigenvalue weighted by Crippen LogP contribution is 2.27. The minimum Gasteiger partial charge on any atom is -0.352 e. The van der Waals surface area contributed by atoms with Gasteiger partial charge in [0.1, 0.15) is 0 Å². The normalized spacial score (nSPS) is 10.7. The number of aromatic nitrogens is 1. The smallest absolute Gasteiger partial charge is 0.223 e. The molecule has 2 aromatic carbocycles. The minimum absolute atomic E-state index is 0.00304. The van der Waals surface area contributed by atoms with Gasteiger partial charge in [-0.05, 0) is 41.8 Å². The zero-order valence-corrected chi connectivity index (χ0v) is 15.8. The number of hydrogen-bond acceptors (Lipinski definition) is 4. The predicted octanol–water partition coefficient (Wildman–Crippen LogP) is 4.16. The van der Waals surface area contributed by atoms with Crippen LogP contribution in [-0.2, 0) is 22.6 Å². The zero-order chi connectivity index (χ0) is 18.5. The van der Waals surface area contributed by atoms with Crippen molar-refractivity contribution < 1.29 is 9.59 Å². The maximum absolute atomic E-state index is 12.1. The van der Waals surface area contributed by atoms with E-state index in [-0.39, 0.29) is 11.8 Å². The van der Waals surface area contributed by atoms with Crippen LogP contribution in [0.1, 0.15) is 24.5 Å². The van der Waals surface area contributed by atoms with Crippen molar-refractivity contribution in [3.8, 4) is 0 Å². The van der Waals surface area contributed by atoms with Crippen LogP contribution in [0.3, 0.4) is 0 Å². The highest BCUT2D eigenvalue weighted by atomic mass is 35.5. The number of anilines is 1. The molecular formula is C19H18ClN3O2S. The molecule has 7 heteroatoms. The topological polar surface area (TPSA) is 71.1 Å². The molecule has 0 aliphatic carbocycles. The highest BCUT2D eigenvalue weighted by Gasteiger charge is 2.07. The molecule has 5 nitrogen and oxygen atoms in total. The van der Waals surface area contributed by atoms with Gasteiger partial charge in [0.15, 0.2) is 5.13 Å². The number of benzene rings is 2. The first kappa shape index (κ1) is 18.4. The SMILES string of the molecule is CC(=O)Nc1nc2ccc(CCC(=O)NCc3ccc(Cl)cc3)cc2s1. The first-order valence-electron chi connectivity index (χ1n) is 8.18. The van der Waals surface area contributed by atoms with Crippen molar-refractivity contribution in [2.75, 3.05) is 5.32 Å². The lowest BCUT2D eigenvalue weighted by Gasteiger charge is -2.06. The van der Waals surface area contributed by atoms with Crippen LogP contribution < -0.4 is 10.6 Å². The van der Waals surface area contributed by atoms with Crippen LogP contribution in [0.25, 0.3) is 10.2 Å². The molecule has 0 bridgehead atoms. The monoisotopic (exact) mass is 387 g/mol. The van der Waals surface area contributed by atoms with Crippen molar-refractivity contribution in [2.24, 2.45) is 0 Å². The first-order chi connectivity index (χ1) is 12.5. The van der Waals surface area contributed by atoms with Gasteiger partial charge in [0.25, 0.3) is 0 Å². The molecule has 3 aromatic rings. The zero-order valence-electron chi connectivity index (χ0n) is 14.2. The summed E-state index contributed by atoms with van der Waals surface area (Å²) in [5.41, 5.74) is 2.92. The third-order valence-corrected chi connectivity index (χ3v) is 4.97. The van der Waals surface area contributed by atoms with E-state index in [0.717, 1.165) is 21.3 Å². The predicted molar refractivity (Wildman–Crippen MR) is 106 cm³/mol. The maximum atomic E-state index is 12.1. The van der Waals surface area contributed by atoms with Gasteiger partial charge in [0, 0.05) is 24.9 Å². The van der Waals surface area contributed by atoms with Crippen LogP contribution in [0, 0.1) is 0 Å². The van der Waals surface area contributed by atoms with Gasteiger partial charge in [-0.3, -0.25) is 9.59 Å². The Bertz CT molecular complexity index is 938. The summed E-state index contributed by atoms with van der Waals surface area (Å²) < 4.78 is 0.993. The molecule has 1 aromatic heterocycles. The van der Waals surface area contributed by atoms with Crippen molar-refractivity contribution in [1.29, 1.82) is 0 Å². The van der Waals surface area contributed by atoms with Crippen LogP contribution in [-0.4, -0.2) is 16.8 Å². The van der Waals surface area contributed by atoms with Gasteiger partial charge in [0.2, 0.25) is 11.8 Å². The number of halogens is 1. The summed E-state index contributed by atoms with van der Waals surface area (Å²) in [6.45, 7) is 1.95. The van der Waals surface area contributed by atoms with Crippen LogP contribution >= 0.6 is 22.9 Å². The van der Waals surface area contributed by atoms with Crippen molar-refractivity contribution in [2.45, 2.75) is 26.3 Å². The quantitative estimate of drug-likeness (QED) is 0.667. The summed E-state index contributed by atoms with van der Waals surface area (Å²) in [5, 5.41) is 6.88. The second-order valence-corrected chi connectivity index (χ2v) is 7.37. The van der Waals surface area contributed by atoms with E-state index in [1.165, 1.54) is 18.3 Å². The van der Waals surface area contributed by atoms with Crippen molar-refractivity contribution in [3.63, 3.8) is 0 Å². The second-order valence-electron chi connectivity index (χ2n) is 5.91. The fraction of sp³-hybridized carbons (Fsp3) is 0.211. The van der Waals surface area contributed by atoms with Gasteiger partial charge in [-0.2, -0.15) is 0 Å². The lowest BCUT2D eigenvalue weighted by atomic mass is 10.1. The Hall–Kier alpha value is -2.44. The number of fused-ring (bicyclic) bond motifs is 1. The average Bonchev–Trinajstić information content (AvgIpc) is 3.00. The van der Waals surface area contributed by atoms with E-state index in [0.29, 0.717) is 29.5 Å². The number of carbonyl (C=O) groups excluding carboxylic acids is 2. The third kappa shape index (κ3) is 5.03. The standard InChI is InChI=1S/C19H18ClN3O2S/c1-12(24)22-19-23-16-8-4-13(10-17(16)26-19)5-9-18(25)21-11-14-2-6-15(20)7-3-14/h2-4,6-8,10H,5,9,11H2,1H3,(H,21,25)(H,22,23,24). The summed E-state index contributed by atoms with van der Waals surface area (Å²) in [4.78, 5) is 27.5. The Morgan fingerprint density at radius 2 is 1.85 bits per heavy atom. The second kappa shape index (κ2) is 8.29. The molecule has 0 spiro atoms. The fourth-order valence-electron chi connectivity index (χ4n) is 2.48. The Balaban J connectivity index is 1.54. The number of nitrogens with one attached hydrogen (secondary N) is 2. The number of amides is 2. The number of rotatable bonds is 6. The van der Waals surface area contributed by atoms with Crippen LogP contribution in [0.5, 0.6) is 0 Å². The van der Waals surface area contributed by atoms with Crippen LogP contribution in [0.15, 0.2) is 42.5 Å². The lowest BCUT2D eigenvalue weighted by molar-refractivity contribution is -0.121. The van der Waals surface area contributed by atoms with Crippen molar-refractivity contribution >= 4 is 50.1 Å². The Morgan fingerprint density at radius 1 is 1.12 bits per heavy atom. The molecule has 0 unspecified atom stereocenters. The van der Waals surface area contributed by atoms with Crippen molar-refractivity contribution in [3.05, 3.63) is 58.6 Å². The Morgan fingerprint density at radius 3 is 2.58 bits per heavy atom. The molecule has 2 amide bonds. The van der Waals surface area contributed by atoms with Crippen molar-refractivity contribution in [1.82, 2.24) is 10.3 Å². The maximum Gasteiger partial charge on any atom is 0.223 e. The van der Waals surface area contributed by atoms with E-state index in [2.05, 4.69) is 15.6 Å². The summed E-state index contributed by atoms with van der Waals surface area (Å²) in [6, 6.07) is 13.3. The van der Waals surface area contributed by atoms with E-state index < -0.39 is 0 Å². The van der Waals surface area contributed by atoms with E-state index in [1.807, 2.05) is 42.5 Å². The van der Waals surface area contributed by atoms with Crippen LogP contribution in [0.2, 0.25) is 5.02 Å². The molecule has 26 heavy (non-hydrogen) atoms. The first-order valence-corrected chi connectivity index (χ1v) is 9.37. The van der Waals surface area contributed by atoms with E-state index >= 15 is 0 Å². The number of thiazole rings is 1. The molecule has 3 rings (SSSR count). The molecule has 0 fully saturated rings. The summed E-state index contributed by atoms with van der Waals surface area (Å²) in [5.74, 6) is -0.134. The molecule has 0 aliphatic heterocycles. The number of nitrogens with zero attached hydrogens (tertiary/aromatic N) is 1. The molecule has 0 saturated carbocycles. The van der Waals surface area contributed by atoms with E-state index in [1.54, 1.807) is 0 Å². The largest absolute Gasteiger partial charge is 0.352 e. The summed E-state index contributed by atoms with van der Waals surface area (Å²) >= 11 is 7.28. The van der Waals surface area contributed by atoms with Gasteiger partial charge in [0.05, 0.1) is 10.2 Å². The molecule has 1 heterocycles. The van der Waals surface area contributed by atoms with Gasteiger partial charge in [-0.25, -0.2) is 4.98 Å². The number of hydrogen-bond donors (Lipinski definition) is 2. The van der Waals surface area contributed by atoms with Gasteiger partial charge in [-0.1, -0.05) is 41.1 Å². The van der Waals surface area contributed by atoms with E-state index in [4.69, 9.17) is 11.6 Å². The third-order valence-electron chi connectivity index (χ3n) is 3.78. The fourth-order valence-corrected chi connectivity index (χ4v) is 3.58. The van der Waals surface area contributed by atoms with Gasteiger partial charge >= 0.3 is 0 Å². The van der Waals surface area contributed by atoms with Gasteiger partial charge < -0.3 is 10.6 Å². The summed E-state index contributed by atoms with van der Waals surface area (Å²) in [6.07, 6.45) is 1.06. The van der Waals surface area contributed by atoms with Gasteiger partial charge in [-0.15, -0.1) is 0 Å². The highest BCUT2D eigenvalue weighted by molar-refractivity contribution is 7.22. The molecule has 2 N–H and O–H groups in total. The number of aryl methyl sites for hydroxylation is 1. The molecule has 134 valence electrons. The van der Waals surface area contributed by atoms with E-state index in [9.17, 15) is 9.59 Å². The average molecular weight is 388 g/mol. The number of carbonyl (C=O) groups is 2. The molecule has 0 aliphatic rings. The minimum atomic E-state index is -0.137.